The zero-order chi connectivity index (χ0) is 16.8. The molecule has 0 saturated carbocycles. The number of benzene rings is 2. The second-order valence-corrected chi connectivity index (χ2v) is 5.27. The highest BCUT2D eigenvalue weighted by molar-refractivity contribution is 5.77. The minimum absolute atomic E-state index is 0.0590. The summed E-state index contributed by atoms with van der Waals surface area (Å²) in [4.78, 5) is 11.9. The molecule has 1 heterocycles. The summed E-state index contributed by atoms with van der Waals surface area (Å²) < 4.78 is 21.9. The Morgan fingerprint density at radius 2 is 1.83 bits per heavy atom. The van der Waals surface area contributed by atoms with Gasteiger partial charge in [0.1, 0.15) is 24.2 Å². The molecule has 3 rings (SSSR count). The number of nitrogens with one attached hydrogen (secondary N) is 1. The maximum Gasteiger partial charge on any atom is 0.258 e. The first-order chi connectivity index (χ1) is 11.7. The van der Waals surface area contributed by atoms with E-state index in [0.717, 1.165) is 11.5 Å². The Kier molecular flexibility index (Phi) is 5.05. The molecule has 2 aromatic carbocycles. The number of carbonyl (C=O) groups is 1. The van der Waals surface area contributed by atoms with Crippen LogP contribution in [0.3, 0.4) is 0 Å². The van der Waals surface area contributed by atoms with E-state index in [4.69, 9.17) is 18.9 Å². The van der Waals surface area contributed by atoms with E-state index in [0.29, 0.717) is 24.7 Å². The fourth-order valence-electron chi connectivity index (χ4n) is 2.26. The van der Waals surface area contributed by atoms with Gasteiger partial charge in [-0.2, -0.15) is 0 Å². The van der Waals surface area contributed by atoms with Crippen molar-refractivity contribution in [3.05, 3.63) is 48.5 Å². The lowest BCUT2D eigenvalue weighted by molar-refractivity contribution is -0.123. The van der Waals surface area contributed by atoms with Gasteiger partial charge in [-0.15, -0.1) is 0 Å². The van der Waals surface area contributed by atoms with E-state index < -0.39 is 0 Å². The average molecular weight is 329 g/mol. The molecule has 1 aliphatic rings. The molecule has 2 aromatic rings. The first-order valence-electron chi connectivity index (χ1n) is 7.66. The van der Waals surface area contributed by atoms with Crippen molar-refractivity contribution in [3.63, 3.8) is 0 Å². The Balaban J connectivity index is 1.41. The summed E-state index contributed by atoms with van der Waals surface area (Å²) in [7, 11) is 1.60. The molecule has 0 unspecified atom stereocenters. The summed E-state index contributed by atoms with van der Waals surface area (Å²) >= 11 is 0. The lowest BCUT2D eigenvalue weighted by atomic mass is 10.2. The van der Waals surface area contributed by atoms with E-state index >= 15 is 0 Å². The van der Waals surface area contributed by atoms with Gasteiger partial charge in [-0.05, 0) is 36.4 Å². The van der Waals surface area contributed by atoms with Crippen LogP contribution in [0.5, 0.6) is 23.0 Å². The van der Waals surface area contributed by atoms with Gasteiger partial charge in [0, 0.05) is 0 Å². The predicted octanol–water partition coefficient (Wildman–Crippen LogP) is 2.03. The number of para-hydroxylation sites is 2. The maximum absolute atomic E-state index is 11.9. The number of fused-ring (bicyclic) bond motifs is 1. The van der Waals surface area contributed by atoms with Crippen molar-refractivity contribution in [2.45, 2.75) is 6.10 Å². The van der Waals surface area contributed by atoms with Crippen LogP contribution in [0.25, 0.3) is 0 Å². The molecule has 0 bridgehead atoms. The van der Waals surface area contributed by atoms with E-state index in [-0.39, 0.29) is 18.6 Å². The Hall–Kier alpha value is -2.89. The zero-order valence-electron chi connectivity index (χ0n) is 13.4. The standard InChI is InChI=1S/C18H19NO5/c1-21-13-6-8-14(9-7-13)22-12-18(20)19-10-15-11-23-16-4-2-3-5-17(16)24-15/h2-9,15H,10-12H2,1H3,(H,19,20)/t15-/m1/s1. The first kappa shape index (κ1) is 16.0. The van der Waals surface area contributed by atoms with Crippen LogP contribution in [-0.4, -0.2) is 38.9 Å². The molecular formula is C18H19NO5. The van der Waals surface area contributed by atoms with E-state index in [1.54, 1.807) is 31.4 Å². The van der Waals surface area contributed by atoms with Gasteiger partial charge in [0.2, 0.25) is 0 Å². The van der Waals surface area contributed by atoms with Crippen molar-refractivity contribution < 1.29 is 23.7 Å². The molecule has 6 heteroatoms. The van der Waals surface area contributed by atoms with Crippen molar-refractivity contribution in [3.8, 4) is 23.0 Å². The summed E-state index contributed by atoms with van der Waals surface area (Å²) in [5.41, 5.74) is 0. The molecule has 1 atom stereocenters. The monoisotopic (exact) mass is 329 g/mol. The second-order valence-electron chi connectivity index (χ2n) is 5.27. The molecule has 6 nitrogen and oxygen atoms in total. The van der Waals surface area contributed by atoms with Gasteiger partial charge in [0.05, 0.1) is 13.7 Å². The van der Waals surface area contributed by atoms with Crippen LogP contribution in [0.4, 0.5) is 0 Å². The number of rotatable bonds is 6. The van der Waals surface area contributed by atoms with Crippen LogP contribution in [-0.2, 0) is 4.79 Å². The number of amides is 1. The molecule has 0 aliphatic carbocycles. The molecule has 1 aliphatic heterocycles. The fraction of sp³-hybridized carbons (Fsp3) is 0.278. The van der Waals surface area contributed by atoms with Crippen LogP contribution < -0.4 is 24.3 Å². The van der Waals surface area contributed by atoms with E-state index in [1.165, 1.54) is 0 Å². The normalized spacial score (nSPS) is 15.5. The van der Waals surface area contributed by atoms with E-state index in [9.17, 15) is 4.79 Å². The van der Waals surface area contributed by atoms with Gasteiger partial charge in [0.15, 0.2) is 18.1 Å². The summed E-state index contributed by atoms with van der Waals surface area (Å²) in [6.07, 6.45) is -0.218. The topological polar surface area (TPSA) is 66.0 Å². The largest absolute Gasteiger partial charge is 0.497 e. The molecule has 0 radical (unpaired) electrons. The maximum atomic E-state index is 11.9. The summed E-state index contributed by atoms with van der Waals surface area (Å²) in [5.74, 6) is 2.55. The highest BCUT2D eigenvalue weighted by Crippen LogP contribution is 2.30. The number of hydrogen-bond donors (Lipinski definition) is 1. The van der Waals surface area contributed by atoms with Crippen molar-refractivity contribution >= 4 is 5.91 Å². The van der Waals surface area contributed by atoms with Gasteiger partial charge in [-0.25, -0.2) is 0 Å². The third-order valence-corrected chi connectivity index (χ3v) is 3.52. The number of hydrogen-bond acceptors (Lipinski definition) is 5. The highest BCUT2D eigenvalue weighted by atomic mass is 16.6. The predicted molar refractivity (Wildman–Crippen MR) is 87.9 cm³/mol. The van der Waals surface area contributed by atoms with Crippen LogP contribution in [0.2, 0.25) is 0 Å². The van der Waals surface area contributed by atoms with Crippen molar-refractivity contribution in [1.29, 1.82) is 0 Å². The van der Waals surface area contributed by atoms with E-state index in [2.05, 4.69) is 5.32 Å². The number of ether oxygens (including phenoxy) is 4. The molecule has 1 N–H and O–H groups in total. The Morgan fingerprint density at radius 1 is 1.12 bits per heavy atom. The van der Waals surface area contributed by atoms with Gasteiger partial charge >= 0.3 is 0 Å². The SMILES string of the molecule is COc1ccc(OCC(=O)NC[C@@H]2COc3ccccc3O2)cc1. The Labute approximate surface area is 140 Å². The minimum atomic E-state index is -0.218. The molecule has 126 valence electrons. The number of methoxy groups -OCH3 is 1. The van der Waals surface area contributed by atoms with Gasteiger partial charge in [0.25, 0.3) is 5.91 Å². The third kappa shape index (κ3) is 4.10. The molecule has 0 fully saturated rings. The minimum Gasteiger partial charge on any atom is -0.497 e. The summed E-state index contributed by atoms with van der Waals surface area (Å²) in [6.45, 7) is 0.701. The van der Waals surface area contributed by atoms with Crippen LogP contribution >= 0.6 is 0 Å². The molecule has 1 amide bonds. The molecule has 0 aromatic heterocycles. The highest BCUT2D eigenvalue weighted by Gasteiger charge is 2.21. The van der Waals surface area contributed by atoms with Gasteiger partial charge < -0.3 is 24.3 Å². The van der Waals surface area contributed by atoms with Crippen LogP contribution in [0.1, 0.15) is 0 Å². The second kappa shape index (κ2) is 7.59. The molecule has 24 heavy (non-hydrogen) atoms. The van der Waals surface area contributed by atoms with Crippen molar-refractivity contribution in [1.82, 2.24) is 5.32 Å². The number of carbonyl (C=O) groups excluding carboxylic acids is 1. The van der Waals surface area contributed by atoms with E-state index in [1.807, 2.05) is 24.3 Å². The summed E-state index contributed by atoms with van der Waals surface area (Å²) in [5, 5.41) is 2.78. The summed E-state index contributed by atoms with van der Waals surface area (Å²) in [6, 6.07) is 14.5. The first-order valence-corrected chi connectivity index (χ1v) is 7.66. The lowest BCUT2D eigenvalue weighted by Crippen LogP contribution is -2.42. The van der Waals surface area contributed by atoms with Crippen LogP contribution in [0.15, 0.2) is 48.5 Å². The van der Waals surface area contributed by atoms with Crippen molar-refractivity contribution in [2.24, 2.45) is 0 Å². The quantitative estimate of drug-likeness (QED) is 0.878. The molecular weight excluding hydrogens is 310 g/mol. The lowest BCUT2D eigenvalue weighted by Gasteiger charge is -2.26. The molecule has 0 spiro atoms. The van der Waals surface area contributed by atoms with Gasteiger partial charge in [-0.1, -0.05) is 12.1 Å². The Bertz CT molecular complexity index is 686. The fourth-order valence-corrected chi connectivity index (χ4v) is 2.26. The van der Waals surface area contributed by atoms with Crippen molar-refractivity contribution in [2.75, 3.05) is 26.9 Å². The zero-order valence-corrected chi connectivity index (χ0v) is 13.4. The van der Waals surface area contributed by atoms with Gasteiger partial charge in [-0.3, -0.25) is 4.79 Å². The van der Waals surface area contributed by atoms with Crippen LogP contribution in [0, 0.1) is 0 Å². The third-order valence-electron chi connectivity index (χ3n) is 3.52. The smallest absolute Gasteiger partial charge is 0.258 e. The average Bonchev–Trinajstić information content (AvgIpc) is 2.65. The Morgan fingerprint density at radius 3 is 2.58 bits per heavy atom. The molecule has 0 saturated heterocycles.